The largest absolute Gasteiger partial charge is 0.366 e. The van der Waals surface area contributed by atoms with Crippen LogP contribution in [0.25, 0.3) is 44.5 Å². The molecule has 0 fully saturated rings. The van der Waals surface area contributed by atoms with Crippen LogP contribution in [0.3, 0.4) is 0 Å². The van der Waals surface area contributed by atoms with Gasteiger partial charge in [-0.1, -0.05) is 18.2 Å². The number of hydrogen-bond acceptors (Lipinski definition) is 5. The van der Waals surface area contributed by atoms with Crippen molar-refractivity contribution >= 4 is 27.9 Å². The standard InChI is InChI=1S/C20H17N7/c1-26-10-14(12-6-3-4-8-16(12)26)18-17(23-20(21)25-24-18)15-11-27(2)19-13(15)7-5-9-22-19/h3-11H,1-2H3,(H2,21,23,25). The number of benzene rings is 1. The van der Waals surface area contributed by atoms with Crippen LogP contribution < -0.4 is 5.73 Å². The zero-order valence-electron chi connectivity index (χ0n) is 15.0. The summed E-state index contributed by atoms with van der Waals surface area (Å²) in [6.45, 7) is 0. The van der Waals surface area contributed by atoms with Crippen molar-refractivity contribution in [1.82, 2.24) is 29.3 Å². The quantitative estimate of drug-likeness (QED) is 0.525. The minimum atomic E-state index is 0.148. The van der Waals surface area contributed by atoms with E-state index in [9.17, 15) is 0 Å². The average molecular weight is 355 g/mol. The van der Waals surface area contributed by atoms with Gasteiger partial charge in [0.05, 0.1) is 0 Å². The molecule has 5 rings (SSSR count). The summed E-state index contributed by atoms with van der Waals surface area (Å²) in [5, 5.41) is 10.6. The van der Waals surface area contributed by atoms with Gasteiger partial charge in [0.25, 0.3) is 0 Å². The number of anilines is 1. The highest BCUT2D eigenvalue weighted by Crippen LogP contribution is 2.37. The first-order chi connectivity index (χ1) is 13.1. The number of nitrogens with zero attached hydrogens (tertiary/aromatic N) is 6. The minimum Gasteiger partial charge on any atom is -0.366 e. The van der Waals surface area contributed by atoms with Crippen LogP contribution in [0, 0.1) is 0 Å². The molecule has 0 radical (unpaired) electrons. The van der Waals surface area contributed by atoms with Gasteiger partial charge in [-0.15, -0.1) is 10.2 Å². The van der Waals surface area contributed by atoms with E-state index in [0.717, 1.165) is 33.1 Å². The van der Waals surface area contributed by atoms with Crippen LogP contribution >= 0.6 is 0 Å². The van der Waals surface area contributed by atoms with Gasteiger partial charge in [0.2, 0.25) is 5.95 Å². The third kappa shape index (κ3) is 2.28. The molecule has 0 aliphatic heterocycles. The van der Waals surface area contributed by atoms with Crippen LogP contribution in [0.2, 0.25) is 0 Å². The predicted octanol–water partition coefficient (Wildman–Crippen LogP) is 3.17. The Bertz CT molecular complexity index is 1310. The minimum absolute atomic E-state index is 0.148. The monoisotopic (exact) mass is 355 g/mol. The number of nitrogen functional groups attached to an aromatic ring is 1. The maximum atomic E-state index is 5.90. The van der Waals surface area contributed by atoms with Gasteiger partial charge in [0.15, 0.2) is 0 Å². The molecular weight excluding hydrogens is 338 g/mol. The van der Waals surface area contributed by atoms with E-state index in [1.54, 1.807) is 6.20 Å². The van der Waals surface area contributed by atoms with Crippen LogP contribution in [-0.2, 0) is 14.1 Å². The fourth-order valence-electron chi connectivity index (χ4n) is 3.64. The highest BCUT2D eigenvalue weighted by molar-refractivity contribution is 6.02. The van der Waals surface area contributed by atoms with Crippen molar-refractivity contribution in [2.45, 2.75) is 0 Å². The first-order valence-corrected chi connectivity index (χ1v) is 8.58. The second-order valence-corrected chi connectivity index (χ2v) is 6.57. The molecule has 7 heteroatoms. The topological polar surface area (TPSA) is 87.4 Å². The van der Waals surface area contributed by atoms with Crippen LogP contribution in [0.15, 0.2) is 55.0 Å². The van der Waals surface area contributed by atoms with E-state index in [1.807, 2.05) is 49.1 Å². The maximum absolute atomic E-state index is 5.90. The molecule has 1 aromatic carbocycles. The Kier molecular flexibility index (Phi) is 3.24. The van der Waals surface area contributed by atoms with E-state index in [-0.39, 0.29) is 5.95 Å². The van der Waals surface area contributed by atoms with Gasteiger partial charge in [0, 0.05) is 60.1 Å². The van der Waals surface area contributed by atoms with Crippen LogP contribution in [0.1, 0.15) is 0 Å². The lowest BCUT2D eigenvalue weighted by Crippen LogP contribution is -2.02. The summed E-state index contributed by atoms with van der Waals surface area (Å²) in [5.74, 6) is 0.148. The SMILES string of the molecule is Cn1cc(-c2nnc(N)nc2-c2cn(C)c3ncccc23)c2ccccc21. The van der Waals surface area contributed by atoms with Crippen molar-refractivity contribution in [1.29, 1.82) is 0 Å². The summed E-state index contributed by atoms with van der Waals surface area (Å²) in [6, 6.07) is 12.2. The molecule has 0 saturated heterocycles. The van der Waals surface area contributed by atoms with E-state index in [2.05, 4.69) is 43.1 Å². The summed E-state index contributed by atoms with van der Waals surface area (Å²) in [7, 11) is 3.99. The van der Waals surface area contributed by atoms with E-state index >= 15 is 0 Å². The number of para-hydroxylation sites is 1. The van der Waals surface area contributed by atoms with Crippen molar-refractivity contribution in [3.63, 3.8) is 0 Å². The van der Waals surface area contributed by atoms with E-state index in [1.165, 1.54) is 0 Å². The Morgan fingerprint density at radius 1 is 0.815 bits per heavy atom. The smallest absolute Gasteiger partial charge is 0.240 e. The first kappa shape index (κ1) is 15.5. The molecule has 0 atom stereocenters. The average Bonchev–Trinajstić information content (AvgIpc) is 3.20. The van der Waals surface area contributed by atoms with E-state index in [4.69, 9.17) is 5.73 Å². The molecule has 4 heterocycles. The number of hydrogen-bond donors (Lipinski definition) is 1. The molecule has 0 spiro atoms. The van der Waals surface area contributed by atoms with Gasteiger partial charge in [-0.3, -0.25) is 0 Å². The molecule has 0 amide bonds. The third-order valence-electron chi connectivity index (χ3n) is 4.84. The predicted molar refractivity (Wildman–Crippen MR) is 106 cm³/mol. The molecule has 2 N–H and O–H groups in total. The number of aryl methyl sites for hydroxylation is 2. The number of nitrogens with two attached hydrogens (primary N) is 1. The van der Waals surface area contributed by atoms with Crippen molar-refractivity contribution in [3.8, 4) is 22.5 Å². The second kappa shape index (κ2) is 5.63. The fourth-order valence-corrected chi connectivity index (χ4v) is 3.64. The lowest BCUT2D eigenvalue weighted by molar-refractivity contribution is 0.946. The Hall–Kier alpha value is -3.74. The second-order valence-electron chi connectivity index (χ2n) is 6.57. The number of aromatic nitrogens is 6. The summed E-state index contributed by atoms with van der Waals surface area (Å²) in [5.41, 5.74) is 11.2. The van der Waals surface area contributed by atoms with Crippen molar-refractivity contribution in [2.24, 2.45) is 14.1 Å². The molecule has 5 aromatic rings. The summed E-state index contributed by atoms with van der Waals surface area (Å²) in [6.07, 6.45) is 5.85. The van der Waals surface area contributed by atoms with Crippen molar-refractivity contribution < 1.29 is 0 Å². The molecular formula is C20H17N7. The number of fused-ring (bicyclic) bond motifs is 2. The zero-order chi connectivity index (χ0) is 18.5. The summed E-state index contributed by atoms with van der Waals surface area (Å²) < 4.78 is 4.06. The molecule has 132 valence electrons. The van der Waals surface area contributed by atoms with Crippen LogP contribution in [0.4, 0.5) is 5.95 Å². The highest BCUT2D eigenvalue weighted by Gasteiger charge is 2.20. The van der Waals surface area contributed by atoms with Gasteiger partial charge in [-0.2, -0.15) is 0 Å². The molecule has 0 aliphatic rings. The van der Waals surface area contributed by atoms with Crippen molar-refractivity contribution in [2.75, 3.05) is 5.73 Å². The normalized spacial score (nSPS) is 11.5. The molecule has 0 aliphatic carbocycles. The van der Waals surface area contributed by atoms with E-state index in [0.29, 0.717) is 11.4 Å². The molecule has 0 bridgehead atoms. The lowest BCUT2D eigenvalue weighted by Gasteiger charge is -2.06. The zero-order valence-corrected chi connectivity index (χ0v) is 15.0. The molecule has 27 heavy (non-hydrogen) atoms. The van der Waals surface area contributed by atoms with Gasteiger partial charge in [-0.25, -0.2) is 9.97 Å². The summed E-state index contributed by atoms with van der Waals surface area (Å²) >= 11 is 0. The molecule has 4 aromatic heterocycles. The first-order valence-electron chi connectivity index (χ1n) is 8.58. The Labute approximate surface area is 155 Å². The van der Waals surface area contributed by atoms with Gasteiger partial charge < -0.3 is 14.9 Å². The number of pyridine rings is 1. The Morgan fingerprint density at radius 3 is 2.44 bits per heavy atom. The molecule has 0 unspecified atom stereocenters. The van der Waals surface area contributed by atoms with E-state index < -0.39 is 0 Å². The highest BCUT2D eigenvalue weighted by atomic mass is 15.2. The molecule has 7 nitrogen and oxygen atoms in total. The lowest BCUT2D eigenvalue weighted by atomic mass is 10.0. The van der Waals surface area contributed by atoms with Crippen LogP contribution in [0.5, 0.6) is 0 Å². The van der Waals surface area contributed by atoms with Crippen LogP contribution in [-0.4, -0.2) is 29.3 Å². The van der Waals surface area contributed by atoms with Gasteiger partial charge in [-0.05, 0) is 18.2 Å². The third-order valence-corrected chi connectivity index (χ3v) is 4.84. The number of rotatable bonds is 2. The molecule has 0 saturated carbocycles. The van der Waals surface area contributed by atoms with Gasteiger partial charge >= 0.3 is 0 Å². The van der Waals surface area contributed by atoms with Gasteiger partial charge in [0.1, 0.15) is 17.0 Å². The summed E-state index contributed by atoms with van der Waals surface area (Å²) in [4.78, 5) is 9.02. The van der Waals surface area contributed by atoms with Crippen molar-refractivity contribution in [3.05, 3.63) is 55.0 Å². The Morgan fingerprint density at radius 2 is 1.56 bits per heavy atom. The Balaban J connectivity index is 1.85. The fraction of sp³-hybridized carbons (Fsp3) is 0.100. The maximum Gasteiger partial charge on any atom is 0.240 e.